The van der Waals surface area contributed by atoms with Crippen LogP contribution in [0.25, 0.3) is 0 Å². The van der Waals surface area contributed by atoms with Crippen molar-refractivity contribution >= 4 is 5.71 Å². The van der Waals surface area contributed by atoms with Crippen LogP contribution in [0.1, 0.15) is 46.8 Å². The number of furan rings is 1. The minimum absolute atomic E-state index is 0.501. The van der Waals surface area contributed by atoms with E-state index in [1.807, 2.05) is 19.9 Å². The van der Waals surface area contributed by atoms with Crippen LogP contribution in [-0.4, -0.2) is 12.3 Å². The molecule has 118 valence electrons. The number of hydrogen-bond acceptors (Lipinski definition) is 4. The maximum atomic E-state index is 9.56. The molecular weight excluding hydrogens is 274 g/mol. The standard InChI is InChI=1S/C18H25N3O/c1-6-14(4)12-21-18(17-8-7-9-22-17)16(10-19)15(5)20-11-13(2)3/h7-9,12-13,20H,6,11H2,1-5H3/b14-12+,16-15+,21-18-. The van der Waals surface area contributed by atoms with Gasteiger partial charge >= 0.3 is 0 Å². The monoisotopic (exact) mass is 299 g/mol. The van der Waals surface area contributed by atoms with Crippen molar-refractivity contribution in [2.24, 2.45) is 10.9 Å². The third-order valence-electron chi connectivity index (χ3n) is 3.23. The quantitative estimate of drug-likeness (QED) is 0.598. The topological polar surface area (TPSA) is 61.3 Å². The fourth-order valence-corrected chi connectivity index (χ4v) is 1.69. The second-order valence-electron chi connectivity index (χ2n) is 5.67. The average molecular weight is 299 g/mol. The smallest absolute Gasteiger partial charge is 0.153 e. The van der Waals surface area contributed by atoms with Crippen LogP contribution in [0, 0.1) is 17.2 Å². The van der Waals surface area contributed by atoms with Crippen molar-refractivity contribution in [1.29, 1.82) is 5.26 Å². The van der Waals surface area contributed by atoms with E-state index in [9.17, 15) is 5.26 Å². The lowest BCUT2D eigenvalue weighted by molar-refractivity contribution is 0.557. The maximum absolute atomic E-state index is 9.56. The zero-order chi connectivity index (χ0) is 16.5. The van der Waals surface area contributed by atoms with Crippen molar-refractivity contribution in [1.82, 2.24) is 5.32 Å². The predicted molar refractivity (Wildman–Crippen MR) is 90.4 cm³/mol. The van der Waals surface area contributed by atoms with Crippen LogP contribution in [0.3, 0.4) is 0 Å². The number of nitrogens with one attached hydrogen (secondary N) is 1. The molecule has 0 amide bonds. The summed E-state index contributed by atoms with van der Waals surface area (Å²) in [4.78, 5) is 4.50. The van der Waals surface area contributed by atoms with Gasteiger partial charge in [0.25, 0.3) is 0 Å². The van der Waals surface area contributed by atoms with E-state index in [4.69, 9.17) is 4.42 Å². The van der Waals surface area contributed by atoms with E-state index in [1.165, 1.54) is 0 Å². The van der Waals surface area contributed by atoms with E-state index >= 15 is 0 Å². The Morgan fingerprint density at radius 2 is 2.18 bits per heavy atom. The lowest BCUT2D eigenvalue weighted by Gasteiger charge is -2.12. The Balaban J connectivity index is 3.24. The zero-order valence-corrected chi connectivity index (χ0v) is 14.1. The van der Waals surface area contributed by atoms with E-state index in [-0.39, 0.29) is 0 Å². The van der Waals surface area contributed by atoms with Crippen LogP contribution in [0.5, 0.6) is 0 Å². The number of hydrogen-bond donors (Lipinski definition) is 1. The van der Waals surface area contributed by atoms with Gasteiger partial charge in [0.15, 0.2) is 5.76 Å². The summed E-state index contributed by atoms with van der Waals surface area (Å²) in [6, 6.07) is 5.87. The van der Waals surface area contributed by atoms with Crippen molar-refractivity contribution < 1.29 is 4.42 Å². The molecular formula is C18H25N3O. The fourth-order valence-electron chi connectivity index (χ4n) is 1.69. The molecule has 0 unspecified atom stereocenters. The lowest BCUT2D eigenvalue weighted by atomic mass is 10.1. The van der Waals surface area contributed by atoms with Gasteiger partial charge in [-0.05, 0) is 38.3 Å². The second-order valence-corrected chi connectivity index (χ2v) is 5.67. The zero-order valence-electron chi connectivity index (χ0n) is 14.1. The van der Waals surface area contributed by atoms with E-state index in [2.05, 4.69) is 37.1 Å². The van der Waals surface area contributed by atoms with Gasteiger partial charge in [0, 0.05) is 18.4 Å². The highest BCUT2D eigenvalue weighted by Crippen LogP contribution is 2.14. The minimum atomic E-state index is 0.501. The van der Waals surface area contributed by atoms with Gasteiger partial charge in [-0.2, -0.15) is 5.26 Å². The van der Waals surface area contributed by atoms with Gasteiger partial charge in [-0.3, -0.25) is 4.99 Å². The normalized spacial score (nSPS) is 13.9. The molecule has 0 spiro atoms. The van der Waals surface area contributed by atoms with Gasteiger partial charge in [0.1, 0.15) is 17.4 Å². The van der Waals surface area contributed by atoms with Gasteiger partial charge in [-0.1, -0.05) is 26.3 Å². The van der Waals surface area contributed by atoms with Crippen LogP contribution < -0.4 is 5.32 Å². The summed E-state index contributed by atoms with van der Waals surface area (Å²) in [5.74, 6) is 1.10. The number of nitrogens with zero attached hydrogens (tertiary/aromatic N) is 2. The van der Waals surface area contributed by atoms with E-state index in [0.717, 1.165) is 24.2 Å². The van der Waals surface area contributed by atoms with E-state index in [1.54, 1.807) is 18.5 Å². The third kappa shape index (κ3) is 5.25. The van der Waals surface area contributed by atoms with E-state index in [0.29, 0.717) is 23.0 Å². The van der Waals surface area contributed by atoms with Crippen LogP contribution in [0.4, 0.5) is 0 Å². The second kappa shape index (κ2) is 8.89. The predicted octanol–water partition coefficient (Wildman–Crippen LogP) is 4.43. The van der Waals surface area contributed by atoms with Gasteiger partial charge in [0.05, 0.1) is 6.26 Å². The third-order valence-corrected chi connectivity index (χ3v) is 3.23. The van der Waals surface area contributed by atoms with Crippen molar-refractivity contribution in [3.05, 3.63) is 47.2 Å². The molecule has 0 aliphatic heterocycles. The number of rotatable bonds is 7. The molecule has 4 heteroatoms. The fraction of sp³-hybridized carbons (Fsp3) is 0.444. The highest BCUT2D eigenvalue weighted by atomic mass is 16.3. The Hall–Kier alpha value is -2.28. The molecule has 0 saturated heterocycles. The molecule has 1 aromatic heterocycles. The molecule has 1 aromatic rings. The maximum Gasteiger partial charge on any atom is 0.153 e. The Labute approximate surface area is 133 Å². The first-order valence-electron chi connectivity index (χ1n) is 7.62. The molecule has 0 aliphatic carbocycles. The van der Waals surface area contributed by atoms with Crippen LogP contribution in [0.15, 0.2) is 50.8 Å². The first-order valence-corrected chi connectivity index (χ1v) is 7.62. The SMILES string of the molecule is CC/C(C)=C/N=C(/C(C#N)=C(\C)NCC(C)C)c1ccco1. The Morgan fingerprint density at radius 1 is 1.45 bits per heavy atom. The molecule has 0 aliphatic rings. The summed E-state index contributed by atoms with van der Waals surface area (Å²) < 4.78 is 5.45. The summed E-state index contributed by atoms with van der Waals surface area (Å²) in [5, 5.41) is 12.9. The number of allylic oxidation sites excluding steroid dienone is 3. The van der Waals surface area contributed by atoms with Crippen molar-refractivity contribution in [2.75, 3.05) is 6.54 Å². The molecule has 0 fully saturated rings. The van der Waals surface area contributed by atoms with Gasteiger partial charge in [-0.25, -0.2) is 0 Å². The summed E-state index contributed by atoms with van der Waals surface area (Å²) in [6.07, 6.45) is 4.31. The molecule has 0 aromatic carbocycles. The first-order chi connectivity index (χ1) is 10.5. The molecule has 1 heterocycles. The number of aliphatic imine (C=N–C) groups is 1. The van der Waals surface area contributed by atoms with Crippen LogP contribution in [0.2, 0.25) is 0 Å². The molecule has 0 atom stereocenters. The lowest BCUT2D eigenvalue weighted by Crippen LogP contribution is -2.21. The molecule has 0 radical (unpaired) electrons. The molecule has 22 heavy (non-hydrogen) atoms. The molecule has 1 rings (SSSR count). The van der Waals surface area contributed by atoms with Crippen LogP contribution in [-0.2, 0) is 0 Å². The Kier molecular flexibility index (Phi) is 7.18. The minimum Gasteiger partial charge on any atom is -0.463 e. The highest BCUT2D eigenvalue weighted by Gasteiger charge is 2.15. The van der Waals surface area contributed by atoms with Crippen molar-refractivity contribution in [2.45, 2.75) is 41.0 Å². The average Bonchev–Trinajstić information content (AvgIpc) is 3.02. The largest absolute Gasteiger partial charge is 0.463 e. The summed E-state index contributed by atoms with van der Waals surface area (Å²) in [6.45, 7) is 11.1. The van der Waals surface area contributed by atoms with E-state index < -0.39 is 0 Å². The summed E-state index contributed by atoms with van der Waals surface area (Å²) in [5.41, 5.74) is 3.04. The Bertz CT molecular complexity index is 599. The summed E-state index contributed by atoms with van der Waals surface area (Å²) >= 11 is 0. The summed E-state index contributed by atoms with van der Waals surface area (Å²) in [7, 11) is 0. The van der Waals surface area contributed by atoms with Crippen molar-refractivity contribution in [3.63, 3.8) is 0 Å². The molecule has 0 saturated carbocycles. The molecule has 0 bridgehead atoms. The Morgan fingerprint density at radius 3 is 2.68 bits per heavy atom. The number of nitriles is 1. The molecule has 4 nitrogen and oxygen atoms in total. The first kappa shape index (κ1) is 17.8. The van der Waals surface area contributed by atoms with Crippen molar-refractivity contribution in [3.8, 4) is 6.07 Å². The van der Waals surface area contributed by atoms with Gasteiger partial charge < -0.3 is 9.73 Å². The highest BCUT2D eigenvalue weighted by molar-refractivity contribution is 6.14. The van der Waals surface area contributed by atoms with Crippen LogP contribution >= 0.6 is 0 Å². The van der Waals surface area contributed by atoms with Gasteiger partial charge in [-0.15, -0.1) is 0 Å². The molecule has 1 N–H and O–H groups in total. The van der Waals surface area contributed by atoms with Gasteiger partial charge in [0.2, 0.25) is 0 Å².